The monoisotopic (exact) mass is 301 g/mol. The van der Waals surface area contributed by atoms with Gasteiger partial charge in [0.15, 0.2) is 0 Å². The van der Waals surface area contributed by atoms with Crippen LogP contribution in [0, 0.1) is 0 Å². The van der Waals surface area contributed by atoms with E-state index >= 15 is 0 Å². The van der Waals surface area contributed by atoms with Gasteiger partial charge in [0.2, 0.25) is 0 Å². The van der Waals surface area contributed by atoms with Crippen LogP contribution in [-0.2, 0) is 0 Å². The van der Waals surface area contributed by atoms with Crippen LogP contribution >= 0.6 is 0 Å². The predicted octanol–water partition coefficient (Wildman–Crippen LogP) is 5.59. The van der Waals surface area contributed by atoms with Crippen LogP contribution in [0.2, 0.25) is 0 Å². The summed E-state index contributed by atoms with van der Waals surface area (Å²) in [5.74, 6) is 0. The lowest BCUT2D eigenvalue weighted by Crippen LogP contribution is -2.20. The SMILES string of the molecule is CC(=Cc1ccccc1)CNC(C)c1cccc2ccccc12. The second-order valence-electron chi connectivity index (χ2n) is 6.07. The molecule has 0 bridgehead atoms. The number of hydrogen-bond donors (Lipinski definition) is 1. The third-order valence-electron chi connectivity index (χ3n) is 4.19. The van der Waals surface area contributed by atoms with Gasteiger partial charge in [0, 0.05) is 12.6 Å². The van der Waals surface area contributed by atoms with Crippen LogP contribution in [0.1, 0.15) is 31.0 Å². The van der Waals surface area contributed by atoms with Crippen LogP contribution in [0.4, 0.5) is 0 Å². The molecule has 0 saturated heterocycles. The maximum atomic E-state index is 3.64. The van der Waals surface area contributed by atoms with Gasteiger partial charge in [-0.3, -0.25) is 0 Å². The van der Waals surface area contributed by atoms with Crippen LogP contribution in [0.25, 0.3) is 16.8 Å². The van der Waals surface area contributed by atoms with Crippen molar-refractivity contribution >= 4 is 16.8 Å². The average Bonchev–Trinajstić information content (AvgIpc) is 2.60. The summed E-state index contributed by atoms with van der Waals surface area (Å²) in [5.41, 5.74) is 3.95. The number of nitrogens with one attached hydrogen (secondary N) is 1. The van der Waals surface area contributed by atoms with Crippen molar-refractivity contribution in [2.24, 2.45) is 0 Å². The Labute approximate surface area is 138 Å². The Balaban J connectivity index is 1.71. The molecule has 3 aromatic carbocycles. The zero-order chi connectivity index (χ0) is 16.1. The van der Waals surface area contributed by atoms with Crippen LogP contribution in [0.3, 0.4) is 0 Å². The summed E-state index contributed by atoms with van der Waals surface area (Å²) in [5, 5.41) is 6.28. The van der Waals surface area contributed by atoms with Gasteiger partial charge in [-0.15, -0.1) is 0 Å². The van der Waals surface area contributed by atoms with Crippen LogP contribution in [0.5, 0.6) is 0 Å². The molecule has 0 aliphatic carbocycles. The highest BCUT2D eigenvalue weighted by Gasteiger charge is 2.08. The second kappa shape index (κ2) is 7.26. The molecule has 1 nitrogen and oxygen atoms in total. The molecule has 0 aromatic heterocycles. The van der Waals surface area contributed by atoms with E-state index in [-0.39, 0.29) is 0 Å². The molecule has 0 aliphatic heterocycles. The topological polar surface area (TPSA) is 12.0 Å². The van der Waals surface area contributed by atoms with E-state index in [4.69, 9.17) is 0 Å². The van der Waals surface area contributed by atoms with Gasteiger partial charge in [0.1, 0.15) is 0 Å². The normalized spacial score (nSPS) is 13.2. The molecular weight excluding hydrogens is 278 g/mol. The molecule has 0 fully saturated rings. The molecule has 3 aromatic rings. The molecule has 1 atom stereocenters. The van der Waals surface area contributed by atoms with Crippen molar-refractivity contribution in [3.63, 3.8) is 0 Å². The van der Waals surface area contributed by atoms with Crippen molar-refractivity contribution < 1.29 is 0 Å². The van der Waals surface area contributed by atoms with Gasteiger partial charge in [-0.1, -0.05) is 84.4 Å². The van der Waals surface area contributed by atoms with E-state index < -0.39 is 0 Å². The zero-order valence-corrected chi connectivity index (χ0v) is 13.8. The van der Waals surface area contributed by atoms with Gasteiger partial charge >= 0.3 is 0 Å². The molecule has 23 heavy (non-hydrogen) atoms. The fourth-order valence-corrected chi connectivity index (χ4v) is 2.94. The largest absolute Gasteiger partial charge is 0.306 e. The molecule has 0 spiro atoms. The first-order valence-corrected chi connectivity index (χ1v) is 8.17. The minimum absolute atomic E-state index is 0.320. The van der Waals surface area contributed by atoms with E-state index in [1.54, 1.807) is 0 Å². The Morgan fingerprint density at radius 1 is 0.913 bits per heavy atom. The first-order valence-electron chi connectivity index (χ1n) is 8.17. The number of hydrogen-bond acceptors (Lipinski definition) is 1. The van der Waals surface area contributed by atoms with Crippen molar-refractivity contribution in [2.75, 3.05) is 6.54 Å². The Morgan fingerprint density at radius 2 is 1.61 bits per heavy atom. The highest BCUT2D eigenvalue weighted by atomic mass is 14.9. The van der Waals surface area contributed by atoms with Crippen molar-refractivity contribution in [1.82, 2.24) is 5.32 Å². The molecule has 1 N–H and O–H groups in total. The standard InChI is InChI=1S/C22H23N/c1-17(15-19-9-4-3-5-10-19)16-23-18(2)21-14-8-12-20-11-6-7-13-22(20)21/h3-15,18,23H,16H2,1-2H3. The summed E-state index contributed by atoms with van der Waals surface area (Å²) in [4.78, 5) is 0. The summed E-state index contributed by atoms with van der Waals surface area (Å²) < 4.78 is 0. The van der Waals surface area contributed by atoms with Crippen molar-refractivity contribution in [3.8, 4) is 0 Å². The maximum absolute atomic E-state index is 3.64. The van der Waals surface area contributed by atoms with Gasteiger partial charge in [-0.25, -0.2) is 0 Å². The van der Waals surface area contributed by atoms with Gasteiger partial charge in [0.05, 0.1) is 0 Å². The highest BCUT2D eigenvalue weighted by molar-refractivity contribution is 5.86. The number of rotatable bonds is 5. The minimum Gasteiger partial charge on any atom is -0.306 e. The van der Waals surface area contributed by atoms with E-state index in [1.165, 1.54) is 27.5 Å². The van der Waals surface area contributed by atoms with Crippen LogP contribution < -0.4 is 5.32 Å². The maximum Gasteiger partial charge on any atom is 0.0300 e. The quantitative estimate of drug-likeness (QED) is 0.647. The van der Waals surface area contributed by atoms with E-state index in [0.29, 0.717) is 6.04 Å². The molecule has 1 heteroatoms. The summed E-state index contributed by atoms with van der Waals surface area (Å²) in [7, 11) is 0. The lowest BCUT2D eigenvalue weighted by Gasteiger charge is -2.17. The van der Waals surface area contributed by atoms with Gasteiger partial charge in [-0.05, 0) is 35.7 Å². The molecule has 1 unspecified atom stereocenters. The lowest BCUT2D eigenvalue weighted by atomic mass is 9.99. The van der Waals surface area contributed by atoms with Crippen molar-refractivity contribution in [3.05, 3.63) is 89.5 Å². The first-order chi connectivity index (χ1) is 11.2. The summed E-state index contributed by atoms with van der Waals surface area (Å²) in [6, 6.07) is 25.9. The molecule has 0 aliphatic rings. The van der Waals surface area contributed by atoms with E-state index in [0.717, 1.165) is 6.54 Å². The second-order valence-corrected chi connectivity index (χ2v) is 6.07. The lowest BCUT2D eigenvalue weighted by molar-refractivity contribution is 0.612. The van der Waals surface area contributed by atoms with Crippen LogP contribution in [-0.4, -0.2) is 6.54 Å². The van der Waals surface area contributed by atoms with Gasteiger partial charge < -0.3 is 5.32 Å². The minimum atomic E-state index is 0.320. The van der Waals surface area contributed by atoms with E-state index in [9.17, 15) is 0 Å². The van der Waals surface area contributed by atoms with Crippen molar-refractivity contribution in [1.29, 1.82) is 0 Å². The third-order valence-corrected chi connectivity index (χ3v) is 4.19. The molecule has 0 radical (unpaired) electrons. The summed E-state index contributed by atoms with van der Waals surface area (Å²) in [6.45, 7) is 5.30. The Bertz CT molecular complexity index is 797. The van der Waals surface area contributed by atoms with E-state index in [2.05, 4.69) is 92.0 Å². The molecule has 116 valence electrons. The van der Waals surface area contributed by atoms with Crippen molar-refractivity contribution in [2.45, 2.75) is 19.9 Å². The summed E-state index contributed by atoms with van der Waals surface area (Å²) >= 11 is 0. The third kappa shape index (κ3) is 3.88. The summed E-state index contributed by atoms with van der Waals surface area (Å²) in [6.07, 6.45) is 2.24. The molecule has 0 saturated carbocycles. The fourth-order valence-electron chi connectivity index (χ4n) is 2.94. The Hall–Kier alpha value is -2.38. The highest BCUT2D eigenvalue weighted by Crippen LogP contribution is 2.24. The molecule has 0 heterocycles. The average molecular weight is 301 g/mol. The Morgan fingerprint density at radius 3 is 2.43 bits per heavy atom. The Kier molecular flexibility index (Phi) is 4.89. The first kappa shape index (κ1) is 15.5. The number of fused-ring (bicyclic) bond motifs is 1. The number of benzene rings is 3. The van der Waals surface area contributed by atoms with Gasteiger partial charge in [0.25, 0.3) is 0 Å². The zero-order valence-electron chi connectivity index (χ0n) is 13.8. The van der Waals surface area contributed by atoms with E-state index in [1.807, 2.05) is 6.07 Å². The molecular formula is C22H23N. The fraction of sp³-hybridized carbons (Fsp3) is 0.182. The van der Waals surface area contributed by atoms with Crippen LogP contribution in [0.15, 0.2) is 78.4 Å². The predicted molar refractivity (Wildman–Crippen MR) is 100 cm³/mol. The molecule has 3 rings (SSSR count). The van der Waals surface area contributed by atoms with Gasteiger partial charge in [-0.2, -0.15) is 0 Å². The molecule has 0 amide bonds. The smallest absolute Gasteiger partial charge is 0.0300 e.